The van der Waals surface area contributed by atoms with Crippen LogP contribution < -0.4 is 9.08 Å². The van der Waals surface area contributed by atoms with Crippen LogP contribution in [-0.4, -0.2) is 51.8 Å². The molecule has 0 radical (unpaired) electrons. The lowest BCUT2D eigenvalue weighted by Crippen LogP contribution is -2.45. The minimum atomic E-state index is -3.52. The molecule has 2 aliphatic heterocycles. The summed E-state index contributed by atoms with van der Waals surface area (Å²) >= 11 is 0. The lowest BCUT2D eigenvalue weighted by Gasteiger charge is -2.38. The summed E-state index contributed by atoms with van der Waals surface area (Å²) in [6, 6.07) is 12.8. The summed E-state index contributed by atoms with van der Waals surface area (Å²) in [5.74, 6) is 0.195. The first-order valence-corrected chi connectivity index (χ1v) is 11.9. The van der Waals surface area contributed by atoms with Gasteiger partial charge in [-0.2, -0.15) is 8.42 Å². The molecule has 0 unspecified atom stereocenters. The summed E-state index contributed by atoms with van der Waals surface area (Å²) < 4.78 is 41.0. The standard InChI is InChI=1S/C22H27FN2O3S/c1-29(26,27)28-21-7-4-18-9-15-25(22(18)16-21)20-10-13-24(14-11-20)12-8-17-2-5-19(23)6-3-17/h2-7,16,20H,8-15H2,1H3. The quantitative estimate of drug-likeness (QED) is 0.674. The Kier molecular flexibility index (Phi) is 5.79. The lowest BCUT2D eigenvalue weighted by molar-refractivity contribution is 0.212. The van der Waals surface area contributed by atoms with Gasteiger partial charge in [-0.1, -0.05) is 18.2 Å². The van der Waals surface area contributed by atoms with Crippen LogP contribution in [0.25, 0.3) is 0 Å². The zero-order chi connectivity index (χ0) is 20.4. The second-order valence-electron chi connectivity index (χ2n) is 7.97. The Morgan fingerprint density at radius 2 is 1.79 bits per heavy atom. The number of hydrogen-bond acceptors (Lipinski definition) is 5. The van der Waals surface area contributed by atoms with E-state index in [4.69, 9.17) is 4.18 Å². The van der Waals surface area contributed by atoms with Crippen LogP contribution in [0.15, 0.2) is 42.5 Å². The van der Waals surface area contributed by atoms with Gasteiger partial charge in [0.25, 0.3) is 0 Å². The SMILES string of the molecule is CS(=O)(=O)Oc1ccc2c(c1)N(C1CCN(CCc3ccc(F)cc3)CC1)CC2. The number of rotatable bonds is 6. The summed E-state index contributed by atoms with van der Waals surface area (Å²) in [6.45, 7) is 4.04. The first kappa shape index (κ1) is 20.2. The number of halogens is 1. The molecule has 1 fully saturated rings. The molecule has 0 aromatic heterocycles. The maximum Gasteiger partial charge on any atom is 0.306 e. The van der Waals surface area contributed by atoms with Crippen LogP contribution in [0.1, 0.15) is 24.0 Å². The van der Waals surface area contributed by atoms with Crippen molar-refractivity contribution in [2.45, 2.75) is 31.7 Å². The molecular weight excluding hydrogens is 391 g/mol. The molecule has 5 nitrogen and oxygen atoms in total. The molecule has 2 aliphatic rings. The van der Waals surface area contributed by atoms with E-state index < -0.39 is 10.1 Å². The van der Waals surface area contributed by atoms with Crippen LogP contribution in [0.4, 0.5) is 10.1 Å². The fraction of sp³-hybridized carbons (Fsp3) is 0.455. The van der Waals surface area contributed by atoms with E-state index in [2.05, 4.69) is 9.80 Å². The van der Waals surface area contributed by atoms with Gasteiger partial charge < -0.3 is 14.0 Å². The molecule has 0 N–H and O–H groups in total. The summed E-state index contributed by atoms with van der Waals surface area (Å²) in [7, 11) is -3.52. The highest BCUT2D eigenvalue weighted by Crippen LogP contribution is 2.35. The number of anilines is 1. The van der Waals surface area contributed by atoms with Gasteiger partial charge in [-0.25, -0.2) is 4.39 Å². The number of piperidine rings is 1. The predicted molar refractivity (Wildman–Crippen MR) is 113 cm³/mol. The summed E-state index contributed by atoms with van der Waals surface area (Å²) in [6.07, 6.45) is 5.16. The number of likely N-dealkylation sites (tertiary alicyclic amines) is 1. The molecule has 2 heterocycles. The van der Waals surface area contributed by atoms with Crippen LogP contribution in [-0.2, 0) is 23.0 Å². The van der Waals surface area contributed by atoms with Crippen molar-refractivity contribution in [2.24, 2.45) is 0 Å². The highest BCUT2D eigenvalue weighted by molar-refractivity contribution is 7.86. The molecule has 0 spiro atoms. The smallest absolute Gasteiger partial charge is 0.306 e. The second-order valence-corrected chi connectivity index (χ2v) is 9.55. The van der Waals surface area contributed by atoms with Crippen molar-refractivity contribution in [1.29, 1.82) is 0 Å². The number of fused-ring (bicyclic) bond motifs is 1. The topological polar surface area (TPSA) is 49.9 Å². The van der Waals surface area contributed by atoms with Crippen LogP contribution in [0.3, 0.4) is 0 Å². The molecule has 0 amide bonds. The third-order valence-electron chi connectivity index (χ3n) is 5.86. The first-order valence-electron chi connectivity index (χ1n) is 10.1. The van der Waals surface area contributed by atoms with E-state index in [1.807, 2.05) is 24.3 Å². The van der Waals surface area contributed by atoms with Gasteiger partial charge in [0.1, 0.15) is 11.6 Å². The minimum Gasteiger partial charge on any atom is -0.383 e. The zero-order valence-electron chi connectivity index (χ0n) is 16.7. The van der Waals surface area contributed by atoms with Gasteiger partial charge in [-0.15, -0.1) is 0 Å². The van der Waals surface area contributed by atoms with Gasteiger partial charge in [0, 0.05) is 44.0 Å². The van der Waals surface area contributed by atoms with E-state index >= 15 is 0 Å². The molecule has 7 heteroatoms. The van der Waals surface area contributed by atoms with Crippen molar-refractivity contribution >= 4 is 15.8 Å². The summed E-state index contributed by atoms with van der Waals surface area (Å²) in [5, 5.41) is 0. The minimum absolute atomic E-state index is 0.189. The molecule has 1 saturated heterocycles. The van der Waals surface area contributed by atoms with E-state index in [1.54, 1.807) is 6.07 Å². The molecule has 2 aromatic rings. The average molecular weight is 419 g/mol. The molecule has 2 aromatic carbocycles. The number of nitrogens with zero attached hydrogens (tertiary/aromatic N) is 2. The second kappa shape index (κ2) is 8.32. The Labute approximate surface area is 172 Å². The number of hydrogen-bond donors (Lipinski definition) is 0. The van der Waals surface area contributed by atoms with E-state index in [0.717, 1.165) is 63.8 Å². The van der Waals surface area contributed by atoms with Gasteiger partial charge in [0.05, 0.1) is 6.26 Å². The van der Waals surface area contributed by atoms with E-state index in [1.165, 1.54) is 23.3 Å². The molecule has 0 saturated carbocycles. The van der Waals surface area contributed by atoms with Crippen molar-refractivity contribution < 1.29 is 17.0 Å². The zero-order valence-corrected chi connectivity index (χ0v) is 17.5. The molecule has 4 rings (SSSR count). The Balaban J connectivity index is 1.34. The third kappa shape index (κ3) is 5.08. The molecule has 0 atom stereocenters. The Hall–Kier alpha value is -2.12. The van der Waals surface area contributed by atoms with E-state index in [-0.39, 0.29) is 5.82 Å². The molecule has 0 bridgehead atoms. The molecule has 29 heavy (non-hydrogen) atoms. The van der Waals surface area contributed by atoms with Crippen LogP contribution in [0.5, 0.6) is 5.75 Å². The highest BCUT2D eigenvalue weighted by Gasteiger charge is 2.29. The lowest BCUT2D eigenvalue weighted by atomic mass is 10.0. The Morgan fingerprint density at radius 1 is 1.07 bits per heavy atom. The fourth-order valence-electron chi connectivity index (χ4n) is 4.38. The van der Waals surface area contributed by atoms with Crippen LogP contribution >= 0.6 is 0 Å². The normalized spacial score (nSPS) is 18.1. The Bertz CT molecular complexity index is 955. The highest BCUT2D eigenvalue weighted by atomic mass is 32.2. The third-order valence-corrected chi connectivity index (χ3v) is 6.36. The van der Waals surface area contributed by atoms with E-state index in [0.29, 0.717) is 11.8 Å². The number of benzene rings is 2. The Morgan fingerprint density at radius 3 is 2.48 bits per heavy atom. The van der Waals surface area contributed by atoms with Crippen LogP contribution in [0.2, 0.25) is 0 Å². The van der Waals surface area contributed by atoms with Crippen LogP contribution in [0, 0.1) is 5.82 Å². The molecule has 156 valence electrons. The van der Waals surface area contributed by atoms with Crippen molar-refractivity contribution in [3.8, 4) is 5.75 Å². The van der Waals surface area contributed by atoms with Gasteiger partial charge in [0.15, 0.2) is 0 Å². The van der Waals surface area contributed by atoms with Crippen molar-refractivity contribution in [2.75, 3.05) is 37.3 Å². The van der Waals surface area contributed by atoms with Gasteiger partial charge in [-0.3, -0.25) is 0 Å². The largest absolute Gasteiger partial charge is 0.383 e. The van der Waals surface area contributed by atoms with E-state index in [9.17, 15) is 12.8 Å². The summed E-state index contributed by atoms with van der Waals surface area (Å²) in [4.78, 5) is 4.89. The van der Waals surface area contributed by atoms with Gasteiger partial charge in [0.2, 0.25) is 0 Å². The maximum absolute atomic E-state index is 13.0. The van der Waals surface area contributed by atoms with Gasteiger partial charge >= 0.3 is 10.1 Å². The summed E-state index contributed by atoms with van der Waals surface area (Å²) in [5.41, 5.74) is 3.53. The van der Waals surface area contributed by atoms with Gasteiger partial charge in [-0.05, 0) is 55.0 Å². The van der Waals surface area contributed by atoms with Crippen molar-refractivity contribution in [1.82, 2.24) is 4.90 Å². The fourth-order valence-corrected chi connectivity index (χ4v) is 4.84. The van der Waals surface area contributed by atoms with Crippen molar-refractivity contribution in [3.05, 3.63) is 59.4 Å². The monoisotopic (exact) mass is 418 g/mol. The first-order chi connectivity index (χ1) is 13.9. The molecular formula is C22H27FN2O3S. The predicted octanol–water partition coefficient (Wildman–Crippen LogP) is 3.23. The maximum atomic E-state index is 13.0. The van der Waals surface area contributed by atoms with Crippen molar-refractivity contribution in [3.63, 3.8) is 0 Å². The average Bonchev–Trinajstić information content (AvgIpc) is 3.10. The molecule has 0 aliphatic carbocycles.